The van der Waals surface area contributed by atoms with Crippen LogP contribution in [0.1, 0.15) is 6.42 Å². The van der Waals surface area contributed by atoms with Crippen molar-refractivity contribution >= 4 is 17.5 Å². The summed E-state index contributed by atoms with van der Waals surface area (Å²) in [5.74, 6) is -2.42. The van der Waals surface area contributed by atoms with E-state index in [9.17, 15) is 18.4 Å². The van der Waals surface area contributed by atoms with Gasteiger partial charge < -0.3 is 5.32 Å². The van der Waals surface area contributed by atoms with Gasteiger partial charge >= 0.3 is 0 Å². The van der Waals surface area contributed by atoms with E-state index in [0.29, 0.717) is 6.07 Å². The monoisotopic (exact) mass is 226 g/mol. The summed E-state index contributed by atoms with van der Waals surface area (Å²) in [6, 6.07) is 2.16. The molecular formula is C10H8F2N2O2. The Bertz CT molecular complexity index is 462. The van der Waals surface area contributed by atoms with Crippen LogP contribution in [0.25, 0.3) is 0 Å². The molecule has 1 saturated heterocycles. The summed E-state index contributed by atoms with van der Waals surface area (Å²) in [5, 5.41) is 4.62. The maximum absolute atomic E-state index is 13.2. The molecule has 0 aromatic heterocycles. The molecular weight excluding hydrogens is 218 g/mol. The molecule has 0 bridgehead atoms. The lowest BCUT2D eigenvalue weighted by atomic mass is 10.2. The molecule has 0 aliphatic carbocycles. The molecule has 0 radical (unpaired) electrons. The van der Waals surface area contributed by atoms with Crippen LogP contribution in [0.3, 0.4) is 0 Å². The average Bonchev–Trinajstić information content (AvgIpc) is 2.50. The van der Waals surface area contributed by atoms with Crippen LogP contribution in [0.15, 0.2) is 18.2 Å². The van der Waals surface area contributed by atoms with Crippen LogP contribution < -0.4 is 10.6 Å². The highest BCUT2D eigenvalue weighted by molar-refractivity contribution is 6.06. The number of halogens is 2. The molecule has 1 aromatic carbocycles. The fraction of sp³-hybridized carbons (Fsp3) is 0.200. The first-order valence-corrected chi connectivity index (χ1v) is 4.61. The van der Waals surface area contributed by atoms with E-state index >= 15 is 0 Å². The Hall–Kier alpha value is -1.98. The summed E-state index contributed by atoms with van der Waals surface area (Å²) in [6.07, 6.45) is -0.0460. The number of benzene rings is 1. The Morgan fingerprint density at radius 1 is 1.31 bits per heavy atom. The number of nitrogens with one attached hydrogen (secondary N) is 2. The van der Waals surface area contributed by atoms with Crippen molar-refractivity contribution in [3.05, 3.63) is 29.8 Å². The molecule has 2 amide bonds. The molecule has 0 saturated carbocycles. The van der Waals surface area contributed by atoms with Gasteiger partial charge in [0.25, 0.3) is 0 Å². The number of hydrogen-bond donors (Lipinski definition) is 2. The number of amides is 2. The average molecular weight is 226 g/mol. The molecule has 0 spiro atoms. The van der Waals surface area contributed by atoms with Gasteiger partial charge in [-0.25, -0.2) is 8.78 Å². The van der Waals surface area contributed by atoms with Gasteiger partial charge in [0, 0.05) is 6.07 Å². The van der Waals surface area contributed by atoms with Gasteiger partial charge in [0.1, 0.15) is 17.7 Å². The number of carbonyl (C=O) groups is 2. The molecule has 4 nitrogen and oxygen atoms in total. The van der Waals surface area contributed by atoms with Crippen molar-refractivity contribution in [2.45, 2.75) is 12.5 Å². The third-order valence-corrected chi connectivity index (χ3v) is 2.23. The van der Waals surface area contributed by atoms with Crippen LogP contribution in [0.2, 0.25) is 0 Å². The lowest BCUT2D eigenvalue weighted by Gasteiger charge is -2.11. The smallest absolute Gasteiger partial charge is 0.249 e. The second-order valence-electron chi connectivity index (χ2n) is 3.44. The van der Waals surface area contributed by atoms with Crippen molar-refractivity contribution in [3.63, 3.8) is 0 Å². The van der Waals surface area contributed by atoms with Crippen molar-refractivity contribution < 1.29 is 18.4 Å². The number of carbonyl (C=O) groups excluding carboxylic acids is 2. The van der Waals surface area contributed by atoms with Gasteiger partial charge in [0.05, 0.1) is 12.1 Å². The largest absolute Gasteiger partial charge is 0.371 e. The Kier molecular flexibility index (Phi) is 2.55. The first-order chi connectivity index (χ1) is 7.56. The standard InChI is InChI=1S/C10H8F2N2O2/c11-5-1-2-7(6(12)3-5)13-8-4-9(15)14-10(8)16/h1-3,8,13H,4H2,(H,14,15,16). The number of rotatable bonds is 2. The Morgan fingerprint density at radius 2 is 2.06 bits per heavy atom. The summed E-state index contributed by atoms with van der Waals surface area (Å²) < 4.78 is 25.8. The zero-order valence-corrected chi connectivity index (χ0v) is 8.09. The van der Waals surface area contributed by atoms with Gasteiger partial charge in [0.15, 0.2) is 0 Å². The molecule has 6 heteroatoms. The van der Waals surface area contributed by atoms with E-state index in [1.807, 2.05) is 0 Å². The third-order valence-electron chi connectivity index (χ3n) is 2.23. The minimum atomic E-state index is -0.799. The first kappa shape index (κ1) is 10.5. The highest BCUT2D eigenvalue weighted by Crippen LogP contribution is 2.18. The molecule has 1 heterocycles. The van der Waals surface area contributed by atoms with Gasteiger partial charge in [-0.2, -0.15) is 0 Å². The molecule has 1 aromatic rings. The van der Waals surface area contributed by atoms with E-state index in [1.54, 1.807) is 0 Å². The number of hydrogen-bond acceptors (Lipinski definition) is 3. The highest BCUT2D eigenvalue weighted by atomic mass is 19.1. The predicted molar refractivity (Wildman–Crippen MR) is 51.5 cm³/mol. The van der Waals surface area contributed by atoms with Crippen LogP contribution in [0.4, 0.5) is 14.5 Å². The van der Waals surface area contributed by atoms with Gasteiger partial charge in [-0.15, -0.1) is 0 Å². The fourth-order valence-corrected chi connectivity index (χ4v) is 1.46. The van der Waals surface area contributed by atoms with Crippen molar-refractivity contribution in [2.75, 3.05) is 5.32 Å². The minimum Gasteiger partial charge on any atom is -0.371 e. The second-order valence-corrected chi connectivity index (χ2v) is 3.44. The van der Waals surface area contributed by atoms with Crippen molar-refractivity contribution in [1.29, 1.82) is 0 Å². The molecule has 16 heavy (non-hydrogen) atoms. The number of imide groups is 1. The van der Waals surface area contributed by atoms with E-state index < -0.39 is 29.5 Å². The normalized spacial score (nSPS) is 19.8. The van der Waals surface area contributed by atoms with Crippen molar-refractivity contribution in [1.82, 2.24) is 5.32 Å². The summed E-state index contributed by atoms with van der Waals surface area (Å²) in [4.78, 5) is 22.0. The van der Waals surface area contributed by atoms with Crippen LogP contribution in [-0.2, 0) is 9.59 Å². The summed E-state index contributed by atoms with van der Waals surface area (Å²) in [5.41, 5.74) is -0.00347. The van der Waals surface area contributed by atoms with Gasteiger partial charge in [-0.3, -0.25) is 14.9 Å². The van der Waals surface area contributed by atoms with Gasteiger partial charge in [-0.1, -0.05) is 0 Å². The van der Waals surface area contributed by atoms with Crippen LogP contribution in [0, 0.1) is 11.6 Å². The van der Waals surface area contributed by atoms with E-state index in [0.717, 1.165) is 6.07 Å². The molecule has 1 aliphatic heterocycles. The molecule has 1 unspecified atom stereocenters. The molecule has 1 aliphatic rings. The maximum atomic E-state index is 13.2. The van der Waals surface area contributed by atoms with Crippen LogP contribution in [0.5, 0.6) is 0 Å². The van der Waals surface area contributed by atoms with E-state index in [4.69, 9.17) is 0 Å². The fourth-order valence-electron chi connectivity index (χ4n) is 1.46. The topological polar surface area (TPSA) is 58.2 Å². The van der Waals surface area contributed by atoms with Crippen molar-refractivity contribution in [2.24, 2.45) is 0 Å². The van der Waals surface area contributed by atoms with Crippen molar-refractivity contribution in [3.8, 4) is 0 Å². The lowest BCUT2D eigenvalue weighted by Crippen LogP contribution is -2.30. The maximum Gasteiger partial charge on any atom is 0.249 e. The third kappa shape index (κ3) is 2.00. The quantitative estimate of drug-likeness (QED) is 0.733. The zero-order chi connectivity index (χ0) is 11.7. The Morgan fingerprint density at radius 3 is 2.62 bits per heavy atom. The second kappa shape index (κ2) is 3.88. The molecule has 2 N–H and O–H groups in total. The van der Waals surface area contributed by atoms with Crippen LogP contribution >= 0.6 is 0 Å². The van der Waals surface area contributed by atoms with Gasteiger partial charge in [0.2, 0.25) is 11.8 Å². The van der Waals surface area contributed by atoms with Gasteiger partial charge in [-0.05, 0) is 12.1 Å². The highest BCUT2D eigenvalue weighted by Gasteiger charge is 2.30. The predicted octanol–water partition coefficient (Wildman–Crippen LogP) is 0.792. The molecule has 84 valence electrons. The Labute approximate surface area is 89.6 Å². The number of anilines is 1. The van der Waals surface area contributed by atoms with E-state index in [1.165, 1.54) is 6.07 Å². The minimum absolute atomic E-state index is 0.00347. The van der Waals surface area contributed by atoms with E-state index in [2.05, 4.69) is 10.6 Å². The summed E-state index contributed by atoms with van der Waals surface area (Å²) >= 11 is 0. The molecule has 1 fully saturated rings. The summed E-state index contributed by atoms with van der Waals surface area (Å²) in [6.45, 7) is 0. The SMILES string of the molecule is O=C1CC(Nc2ccc(F)cc2F)C(=O)N1. The lowest BCUT2D eigenvalue weighted by molar-refractivity contribution is -0.124. The first-order valence-electron chi connectivity index (χ1n) is 4.61. The summed E-state index contributed by atoms with van der Waals surface area (Å²) in [7, 11) is 0. The zero-order valence-electron chi connectivity index (χ0n) is 8.09. The van der Waals surface area contributed by atoms with Crippen LogP contribution in [-0.4, -0.2) is 17.9 Å². The Balaban J connectivity index is 2.15. The van der Waals surface area contributed by atoms with E-state index in [-0.39, 0.29) is 12.1 Å². The molecule has 1 atom stereocenters. The molecule has 2 rings (SSSR count).